The molecule has 0 aliphatic rings. The monoisotopic (exact) mass is 246 g/mol. The van der Waals surface area contributed by atoms with Crippen LogP contribution in [0.15, 0.2) is 36.7 Å². The van der Waals surface area contributed by atoms with Crippen LogP contribution in [-0.4, -0.2) is 34.6 Å². The first-order valence-electron chi connectivity index (χ1n) is 5.56. The third-order valence-electron chi connectivity index (χ3n) is 2.62. The number of carboxylic acid groups (broad SMARTS) is 1. The molecule has 0 saturated carbocycles. The van der Waals surface area contributed by atoms with Crippen LogP contribution in [0.1, 0.15) is 10.4 Å². The number of nitrogens with zero attached hydrogens (tertiary/aromatic N) is 2. The van der Waals surface area contributed by atoms with E-state index in [9.17, 15) is 4.79 Å². The Kier molecular flexibility index (Phi) is 3.74. The Morgan fingerprint density at radius 3 is 2.67 bits per heavy atom. The molecule has 2 aromatic rings. The minimum Gasteiger partial charge on any atom is -0.478 e. The van der Waals surface area contributed by atoms with Crippen LogP contribution in [0, 0.1) is 0 Å². The van der Waals surface area contributed by atoms with Crippen LogP contribution in [0.5, 0.6) is 0 Å². The normalized spacial score (nSPS) is 10.5. The molecule has 0 aliphatic heterocycles. The van der Waals surface area contributed by atoms with E-state index >= 15 is 0 Å². The van der Waals surface area contributed by atoms with Gasteiger partial charge in [-0.05, 0) is 17.7 Å². The van der Waals surface area contributed by atoms with Crippen molar-refractivity contribution < 1.29 is 14.6 Å². The molecule has 0 aliphatic carbocycles. The van der Waals surface area contributed by atoms with Gasteiger partial charge in [0.1, 0.15) is 0 Å². The highest BCUT2D eigenvalue weighted by Gasteiger charge is 2.05. The summed E-state index contributed by atoms with van der Waals surface area (Å²) in [6.45, 7) is 1.31. The van der Waals surface area contributed by atoms with Gasteiger partial charge >= 0.3 is 5.97 Å². The molecule has 2 rings (SSSR count). The second-order valence-electron chi connectivity index (χ2n) is 3.87. The molecule has 1 N–H and O–H groups in total. The number of ether oxygens (including phenoxy) is 1. The maximum atomic E-state index is 10.7. The number of carbonyl (C=O) groups is 1. The lowest BCUT2D eigenvalue weighted by molar-refractivity contribution is 0.0697. The summed E-state index contributed by atoms with van der Waals surface area (Å²) in [6, 6.07) is 6.73. The van der Waals surface area contributed by atoms with E-state index in [0.717, 1.165) is 11.1 Å². The maximum absolute atomic E-state index is 10.7. The maximum Gasteiger partial charge on any atom is 0.335 e. The van der Waals surface area contributed by atoms with Crippen LogP contribution >= 0.6 is 0 Å². The summed E-state index contributed by atoms with van der Waals surface area (Å²) in [5.41, 5.74) is 2.19. The number of benzene rings is 1. The first-order chi connectivity index (χ1) is 8.70. The summed E-state index contributed by atoms with van der Waals surface area (Å²) in [7, 11) is 1.65. The van der Waals surface area contributed by atoms with Crippen molar-refractivity contribution in [3.05, 3.63) is 42.2 Å². The summed E-state index contributed by atoms with van der Waals surface area (Å²) in [5, 5.41) is 13.0. The van der Waals surface area contributed by atoms with Crippen LogP contribution in [0.2, 0.25) is 0 Å². The van der Waals surface area contributed by atoms with Crippen LogP contribution in [0.3, 0.4) is 0 Å². The summed E-state index contributed by atoms with van der Waals surface area (Å²) in [6.07, 6.45) is 3.67. The third-order valence-corrected chi connectivity index (χ3v) is 2.62. The average Bonchev–Trinajstić information content (AvgIpc) is 2.85. The van der Waals surface area contributed by atoms with Crippen LogP contribution < -0.4 is 0 Å². The van der Waals surface area contributed by atoms with Gasteiger partial charge in [-0.2, -0.15) is 5.10 Å². The Hall–Kier alpha value is -2.14. The van der Waals surface area contributed by atoms with Gasteiger partial charge in [0.25, 0.3) is 0 Å². The van der Waals surface area contributed by atoms with E-state index in [2.05, 4.69) is 5.10 Å². The van der Waals surface area contributed by atoms with Gasteiger partial charge in [-0.15, -0.1) is 0 Å². The number of methoxy groups -OCH3 is 1. The molecule has 1 heterocycles. The fourth-order valence-electron chi connectivity index (χ4n) is 1.63. The van der Waals surface area contributed by atoms with Crippen molar-refractivity contribution in [3.8, 4) is 11.1 Å². The molecule has 0 saturated heterocycles. The largest absolute Gasteiger partial charge is 0.478 e. The van der Waals surface area contributed by atoms with Gasteiger partial charge in [-0.25, -0.2) is 4.79 Å². The zero-order valence-electron chi connectivity index (χ0n) is 10.0. The summed E-state index contributed by atoms with van der Waals surface area (Å²) in [4.78, 5) is 10.7. The standard InChI is InChI=1S/C13H14N2O3/c1-18-7-6-15-9-12(8-14-15)10-2-4-11(5-3-10)13(16)17/h2-5,8-9H,6-7H2,1H3,(H,16,17). The summed E-state index contributed by atoms with van der Waals surface area (Å²) in [5.74, 6) is -0.919. The van der Waals surface area contributed by atoms with Crippen molar-refractivity contribution in [1.82, 2.24) is 9.78 Å². The molecule has 0 unspecified atom stereocenters. The van der Waals surface area contributed by atoms with Crippen molar-refractivity contribution in [1.29, 1.82) is 0 Å². The van der Waals surface area contributed by atoms with Crippen molar-refractivity contribution in [2.45, 2.75) is 6.54 Å². The molecule has 0 amide bonds. The van der Waals surface area contributed by atoms with E-state index in [1.54, 1.807) is 42.3 Å². The molecular weight excluding hydrogens is 232 g/mol. The minimum atomic E-state index is -0.919. The van der Waals surface area contributed by atoms with Crippen molar-refractivity contribution in [2.24, 2.45) is 0 Å². The van der Waals surface area contributed by atoms with Gasteiger partial charge in [0, 0.05) is 18.9 Å². The van der Waals surface area contributed by atoms with Gasteiger partial charge in [-0.3, -0.25) is 4.68 Å². The van der Waals surface area contributed by atoms with E-state index in [0.29, 0.717) is 13.2 Å². The van der Waals surface area contributed by atoms with Crippen LogP contribution in [-0.2, 0) is 11.3 Å². The van der Waals surface area contributed by atoms with E-state index in [1.165, 1.54) is 0 Å². The second kappa shape index (κ2) is 5.46. The minimum absolute atomic E-state index is 0.283. The topological polar surface area (TPSA) is 64.3 Å². The SMILES string of the molecule is COCCn1cc(-c2ccc(C(=O)O)cc2)cn1. The lowest BCUT2D eigenvalue weighted by Crippen LogP contribution is -2.03. The van der Waals surface area contributed by atoms with Gasteiger partial charge in [0.05, 0.1) is 24.9 Å². The Labute approximate surface area is 105 Å². The quantitative estimate of drug-likeness (QED) is 0.875. The molecule has 1 aromatic heterocycles. The van der Waals surface area contributed by atoms with Gasteiger partial charge in [0.2, 0.25) is 0 Å². The van der Waals surface area contributed by atoms with Gasteiger partial charge in [-0.1, -0.05) is 12.1 Å². The number of carboxylic acids is 1. The Balaban J connectivity index is 2.15. The molecule has 0 bridgehead atoms. The molecular formula is C13H14N2O3. The fraction of sp³-hybridized carbons (Fsp3) is 0.231. The second-order valence-corrected chi connectivity index (χ2v) is 3.87. The molecule has 94 valence electrons. The highest BCUT2D eigenvalue weighted by atomic mass is 16.5. The van der Waals surface area contributed by atoms with Crippen molar-refractivity contribution in [2.75, 3.05) is 13.7 Å². The molecule has 5 nitrogen and oxygen atoms in total. The predicted molar refractivity (Wildman–Crippen MR) is 66.5 cm³/mol. The molecule has 0 atom stereocenters. The Morgan fingerprint density at radius 1 is 1.33 bits per heavy atom. The predicted octanol–water partition coefficient (Wildman–Crippen LogP) is 1.89. The van der Waals surface area contributed by atoms with E-state index in [4.69, 9.17) is 9.84 Å². The number of hydrogen-bond donors (Lipinski definition) is 1. The number of hydrogen-bond acceptors (Lipinski definition) is 3. The van der Waals surface area contributed by atoms with Crippen molar-refractivity contribution in [3.63, 3.8) is 0 Å². The molecule has 5 heteroatoms. The molecule has 18 heavy (non-hydrogen) atoms. The first kappa shape index (κ1) is 12.3. The van der Waals surface area contributed by atoms with E-state index in [-0.39, 0.29) is 5.56 Å². The fourth-order valence-corrected chi connectivity index (χ4v) is 1.63. The smallest absolute Gasteiger partial charge is 0.335 e. The van der Waals surface area contributed by atoms with Gasteiger partial charge in [0.15, 0.2) is 0 Å². The summed E-state index contributed by atoms with van der Waals surface area (Å²) < 4.78 is 6.77. The Morgan fingerprint density at radius 2 is 2.06 bits per heavy atom. The first-order valence-corrected chi connectivity index (χ1v) is 5.56. The third kappa shape index (κ3) is 2.75. The van der Waals surface area contributed by atoms with Crippen LogP contribution in [0.25, 0.3) is 11.1 Å². The molecule has 1 aromatic carbocycles. The zero-order valence-corrected chi connectivity index (χ0v) is 10.0. The zero-order chi connectivity index (χ0) is 13.0. The number of rotatable bonds is 5. The lowest BCUT2D eigenvalue weighted by atomic mass is 10.1. The summed E-state index contributed by atoms with van der Waals surface area (Å²) >= 11 is 0. The van der Waals surface area contributed by atoms with Gasteiger partial charge < -0.3 is 9.84 Å². The van der Waals surface area contributed by atoms with E-state index < -0.39 is 5.97 Å². The Bertz CT molecular complexity index is 531. The van der Waals surface area contributed by atoms with E-state index in [1.807, 2.05) is 6.20 Å². The molecule has 0 fully saturated rings. The highest BCUT2D eigenvalue weighted by molar-refractivity contribution is 5.88. The molecule has 0 spiro atoms. The highest BCUT2D eigenvalue weighted by Crippen LogP contribution is 2.19. The van der Waals surface area contributed by atoms with Crippen molar-refractivity contribution >= 4 is 5.97 Å². The lowest BCUT2D eigenvalue weighted by Gasteiger charge is -1.99. The molecule has 0 radical (unpaired) electrons. The average molecular weight is 246 g/mol. The van der Waals surface area contributed by atoms with Crippen LogP contribution in [0.4, 0.5) is 0 Å². The number of aromatic nitrogens is 2. The number of aromatic carboxylic acids is 1.